The van der Waals surface area contributed by atoms with Gasteiger partial charge in [-0.3, -0.25) is 0 Å². The van der Waals surface area contributed by atoms with Crippen LogP contribution in [0, 0.1) is 0 Å². The fraction of sp³-hybridized carbons (Fsp3) is 0.542. The van der Waals surface area contributed by atoms with Gasteiger partial charge in [0.05, 0.1) is 7.11 Å². The number of piperidine rings is 1. The van der Waals surface area contributed by atoms with Gasteiger partial charge in [-0.2, -0.15) is 9.97 Å². The number of nitrogens with zero attached hydrogens (tertiary/aromatic N) is 3. The number of benzene rings is 1. The van der Waals surface area contributed by atoms with E-state index in [0.717, 1.165) is 56.3 Å². The quantitative estimate of drug-likeness (QED) is 0.572. The van der Waals surface area contributed by atoms with E-state index in [1.165, 1.54) is 12.0 Å². The van der Waals surface area contributed by atoms with E-state index in [1.807, 2.05) is 18.2 Å². The van der Waals surface area contributed by atoms with E-state index in [0.29, 0.717) is 29.5 Å². The minimum atomic E-state index is -0.0712. The highest BCUT2D eigenvalue weighted by Crippen LogP contribution is 2.35. The van der Waals surface area contributed by atoms with Crippen molar-refractivity contribution in [3.63, 3.8) is 0 Å². The van der Waals surface area contributed by atoms with Crippen LogP contribution < -0.4 is 20.3 Å². The number of aromatic nitrogens is 2. The molecule has 0 spiro atoms. The molecule has 4 rings (SSSR count). The first-order valence-electron chi connectivity index (χ1n) is 11.6. The van der Waals surface area contributed by atoms with E-state index in [1.54, 1.807) is 7.11 Å². The summed E-state index contributed by atoms with van der Waals surface area (Å²) in [6.45, 7) is 5.35. The van der Waals surface area contributed by atoms with Crippen molar-refractivity contribution in [1.29, 1.82) is 0 Å². The number of ether oxygens (including phenoxy) is 2. The molecule has 0 amide bonds. The first kappa shape index (κ1) is 24.0. The van der Waals surface area contributed by atoms with Gasteiger partial charge in [0, 0.05) is 48.8 Å². The van der Waals surface area contributed by atoms with Gasteiger partial charge in [0.15, 0.2) is 5.11 Å². The molecule has 2 N–H and O–H groups in total. The minimum absolute atomic E-state index is 0.0712. The summed E-state index contributed by atoms with van der Waals surface area (Å²) >= 11 is 11.7. The third-order valence-corrected chi connectivity index (χ3v) is 7.21. The van der Waals surface area contributed by atoms with Crippen molar-refractivity contribution in [3.05, 3.63) is 40.9 Å². The normalized spacial score (nSPS) is 20.2. The number of rotatable bonds is 6. The maximum Gasteiger partial charge on any atom is 0.234 e. The van der Waals surface area contributed by atoms with Crippen LogP contribution in [-0.4, -0.2) is 54.5 Å². The standard InChI is InChI=1S/C24H32ClN5O2S/c1-17-5-3-4-12-30(17)20-15-21(31-2)28-22(27-20)29-23(33)26-16-24(10-13-32-14-11-24)18-6-8-19(25)9-7-18/h6-9,15,17H,3-5,10-14,16H2,1-2H3,(H2,26,27,28,29,33)/t17-/m1/s1. The molecule has 33 heavy (non-hydrogen) atoms. The lowest BCUT2D eigenvalue weighted by Crippen LogP contribution is -2.45. The van der Waals surface area contributed by atoms with Gasteiger partial charge >= 0.3 is 0 Å². The molecule has 0 aliphatic carbocycles. The van der Waals surface area contributed by atoms with Gasteiger partial charge in [0.25, 0.3) is 0 Å². The Hall–Kier alpha value is -2.16. The van der Waals surface area contributed by atoms with Crippen LogP contribution in [0.5, 0.6) is 5.88 Å². The van der Waals surface area contributed by atoms with E-state index in [4.69, 9.17) is 38.3 Å². The molecular weight excluding hydrogens is 458 g/mol. The molecule has 2 fully saturated rings. The highest BCUT2D eigenvalue weighted by Gasteiger charge is 2.34. The van der Waals surface area contributed by atoms with Crippen molar-refractivity contribution in [1.82, 2.24) is 15.3 Å². The number of thiocarbonyl (C=S) groups is 1. The Morgan fingerprint density at radius 1 is 1.24 bits per heavy atom. The lowest BCUT2D eigenvalue weighted by atomic mass is 9.74. The van der Waals surface area contributed by atoms with Crippen LogP contribution in [-0.2, 0) is 10.2 Å². The summed E-state index contributed by atoms with van der Waals surface area (Å²) in [6, 6.07) is 10.4. The fourth-order valence-corrected chi connectivity index (χ4v) is 4.98. The van der Waals surface area contributed by atoms with Crippen molar-refractivity contribution in [2.75, 3.05) is 43.6 Å². The Bertz CT molecular complexity index is 952. The maximum atomic E-state index is 6.12. The molecule has 0 radical (unpaired) electrons. The number of nitrogens with one attached hydrogen (secondary N) is 2. The van der Waals surface area contributed by atoms with Gasteiger partial charge < -0.3 is 25.0 Å². The molecule has 2 saturated heterocycles. The Morgan fingerprint density at radius 3 is 2.70 bits per heavy atom. The molecule has 0 saturated carbocycles. The Morgan fingerprint density at radius 2 is 2.00 bits per heavy atom. The van der Waals surface area contributed by atoms with Crippen molar-refractivity contribution in [2.45, 2.75) is 50.5 Å². The molecule has 2 aliphatic rings. The van der Waals surface area contributed by atoms with Gasteiger partial charge in [-0.15, -0.1) is 0 Å². The van der Waals surface area contributed by atoms with Crippen molar-refractivity contribution in [3.8, 4) is 5.88 Å². The van der Waals surface area contributed by atoms with E-state index in [2.05, 4.69) is 39.6 Å². The van der Waals surface area contributed by atoms with Crippen LogP contribution >= 0.6 is 23.8 Å². The molecule has 0 bridgehead atoms. The first-order valence-corrected chi connectivity index (χ1v) is 12.4. The van der Waals surface area contributed by atoms with E-state index >= 15 is 0 Å². The molecule has 2 aromatic rings. The molecule has 1 aromatic heterocycles. The summed E-state index contributed by atoms with van der Waals surface area (Å²) in [6.07, 6.45) is 5.40. The van der Waals surface area contributed by atoms with Crippen molar-refractivity contribution in [2.24, 2.45) is 0 Å². The third-order valence-electron chi connectivity index (χ3n) is 6.71. The van der Waals surface area contributed by atoms with Crippen molar-refractivity contribution < 1.29 is 9.47 Å². The largest absolute Gasteiger partial charge is 0.481 e. The van der Waals surface area contributed by atoms with Gasteiger partial charge in [0.2, 0.25) is 11.8 Å². The second-order valence-electron chi connectivity index (χ2n) is 8.84. The second kappa shape index (κ2) is 10.8. The Kier molecular flexibility index (Phi) is 7.88. The first-order chi connectivity index (χ1) is 16.0. The summed E-state index contributed by atoms with van der Waals surface area (Å²) in [5.41, 5.74) is 1.17. The Labute approximate surface area is 206 Å². The fourth-order valence-electron chi connectivity index (χ4n) is 4.69. The lowest BCUT2D eigenvalue weighted by molar-refractivity contribution is 0.0515. The van der Waals surface area contributed by atoms with Gasteiger partial charge in [0.1, 0.15) is 5.82 Å². The molecule has 9 heteroatoms. The molecule has 178 valence electrons. The lowest BCUT2D eigenvalue weighted by Gasteiger charge is -2.38. The van der Waals surface area contributed by atoms with Crippen LogP contribution in [0.25, 0.3) is 0 Å². The summed E-state index contributed by atoms with van der Waals surface area (Å²) in [5, 5.41) is 7.79. The van der Waals surface area contributed by atoms with E-state index < -0.39 is 0 Å². The minimum Gasteiger partial charge on any atom is -0.481 e. The number of halogens is 1. The summed E-state index contributed by atoms with van der Waals surface area (Å²) in [5.74, 6) is 1.82. The van der Waals surface area contributed by atoms with Crippen LogP contribution in [0.1, 0.15) is 44.6 Å². The summed E-state index contributed by atoms with van der Waals surface area (Å²) in [4.78, 5) is 11.5. The maximum absolute atomic E-state index is 6.12. The van der Waals surface area contributed by atoms with Gasteiger partial charge in [-0.1, -0.05) is 23.7 Å². The van der Waals surface area contributed by atoms with E-state index in [9.17, 15) is 0 Å². The average Bonchev–Trinajstić information content (AvgIpc) is 2.84. The molecule has 3 heterocycles. The zero-order chi connectivity index (χ0) is 23.3. The third kappa shape index (κ3) is 5.86. The monoisotopic (exact) mass is 489 g/mol. The highest BCUT2D eigenvalue weighted by molar-refractivity contribution is 7.80. The molecule has 2 aliphatic heterocycles. The summed E-state index contributed by atoms with van der Waals surface area (Å²) < 4.78 is 11.1. The number of methoxy groups -OCH3 is 1. The van der Waals surface area contributed by atoms with Crippen molar-refractivity contribution >= 4 is 40.7 Å². The zero-order valence-corrected chi connectivity index (χ0v) is 20.8. The molecule has 1 aromatic carbocycles. The predicted molar refractivity (Wildman–Crippen MR) is 137 cm³/mol. The number of hydrogen-bond acceptors (Lipinski definition) is 6. The van der Waals surface area contributed by atoms with Gasteiger partial charge in [-0.25, -0.2) is 0 Å². The molecule has 1 atom stereocenters. The van der Waals surface area contributed by atoms with Crippen LogP contribution in [0.15, 0.2) is 30.3 Å². The van der Waals surface area contributed by atoms with Crippen LogP contribution in [0.3, 0.4) is 0 Å². The second-order valence-corrected chi connectivity index (χ2v) is 9.68. The smallest absolute Gasteiger partial charge is 0.234 e. The number of hydrogen-bond donors (Lipinski definition) is 2. The predicted octanol–water partition coefficient (Wildman–Crippen LogP) is 4.55. The van der Waals surface area contributed by atoms with Gasteiger partial charge in [-0.05, 0) is 68.9 Å². The average molecular weight is 490 g/mol. The molecule has 0 unspecified atom stereocenters. The molecular formula is C24H32ClN5O2S. The number of anilines is 2. The topological polar surface area (TPSA) is 71.5 Å². The highest BCUT2D eigenvalue weighted by atomic mass is 35.5. The zero-order valence-electron chi connectivity index (χ0n) is 19.3. The van der Waals surface area contributed by atoms with E-state index in [-0.39, 0.29) is 5.41 Å². The Balaban J connectivity index is 1.46. The molecule has 7 nitrogen and oxygen atoms in total. The van der Waals surface area contributed by atoms with Crippen LogP contribution in [0.2, 0.25) is 5.02 Å². The SMILES string of the molecule is COc1cc(N2CCCC[C@H]2C)nc(NC(=S)NCC2(c3ccc(Cl)cc3)CCOCC2)n1. The summed E-state index contributed by atoms with van der Waals surface area (Å²) in [7, 11) is 1.62. The van der Waals surface area contributed by atoms with Crippen LogP contribution in [0.4, 0.5) is 11.8 Å².